The fourth-order valence-electron chi connectivity index (χ4n) is 2.97. The van der Waals surface area contributed by atoms with E-state index in [0.29, 0.717) is 5.82 Å². The summed E-state index contributed by atoms with van der Waals surface area (Å²) in [6.45, 7) is 1.61. The highest BCUT2D eigenvalue weighted by Crippen LogP contribution is 2.29. The van der Waals surface area contributed by atoms with Gasteiger partial charge in [0.25, 0.3) is 5.91 Å². The molecule has 1 aliphatic heterocycles. The second kappa shape index (κ2) is 6.11. The lowest BCUT2D eigenvalue weighted by atomic mass is 9.92. The van der Waals surface area contributed by atoms with Crippen molar-refractivity contribution >= 4 is 11.9 Å². The highest BCUT2D eigenvalue weighted by atomic mass is 16.5. The van der Waals surface area contributed by atoms with Crippen molar-refractivity contribution in [3.8, 4) is 11.4 Å². The molecule has 1 saturated heterocycles. The molecule has 26 heavy (non-hydrogen) atoms. The number of carbonyl (C=O) groups excluding carboxylic acids is 2. The lowest BCUT2D eigenvalue weighted by Crippen LogP contribution is -2.40. The third-order valence-corrected chi connectivity index (χ3v) is 4.42. The second-order valence-corrected chi connectivity index (χ2v) is 6.19. The molecule has 1 fully saturated rings. The Hall–Kier alpha value is -3.48. The van der Waals surface area contributed by atoms with Crippen molar-refractivity contribution in [2.24, 2.45) is 0 Å². The molecule has 0 radical (unpaired) electrons. The molecule has 4 rings (SSSR count). The van der Waals surface area contributed by atoms with Crippen LogP contribution in [-0.2, 0) is 16.9 Å². The van der Waals surface area contributed by atoms with Gasteiger partial charge in [0.05, 0.1) is 0 Å². The van der Waals surface area contributed by atoms with Gasteiger partial charge in [0.2, 0.25) is 11.7 Å². The zero-order valence-corrected chi connectivity index (χ0v) is 14.0. The maximum atomic E-state index is 12.9. The summed E-state index contributed by atoms with van der Waals surface area (Å²) in [5.74, 6) is 0.260. The lowest BCUT2D eigenvalue weighted by Gasteiger charge is -2.21. The van der Waals surface area contributed by atoms with Crippen molar-refractivity contribution < 1.29 is 14.1 Å². The van der Waals surface area contributed by atoms with Crippen LogP contribution in [0.1, 0.15) is 18.4 Å². The second-order valence-electron chi connectivity index (χ2n) is 6.19. The number of aromatic nitrogens is 2. The van der Waals surface area contributed by atoms with Crippen molar-refractivity contribution in [3.05, 3.63) is 72.1 Å². The number of nitrogens with one attached hydrogen (secondary N) is 1. The average Bonchev–Trinajstić information content (AvgIpc) is 3.23. The van der Waals surface area contributed by atoms with Crippen LogP contribution in [0.25, 0.3) is 11.4 Å². The van der Waals surface area contributed by atoms with Gasteiger partial charge < -0.3 is 9.84 Å². The normalized spacial score (nSPS) is 19.7. The summed E-state index contributed by atoms with van der Waals surface area (Å²) in [5.41, 5.74) is 0.408. The van der Waals surface area contributed by atoms with Crippen molar-refractivity contribution in [3.63, 3.8) is 0 Å². The fourth-order valence-corrected chi connectivity index (χ4v) is 2.97. The molecule has 3 amide bonds. The predicted octanol–water partition coefficient (Wildman–Crippen LogP) is 2.70. The Morgan fingerprint density at radius 3 is 2.38 bits per heavy atom. The summed E-state index contributed by atoms with van der Waals surface area (Å²) in [5, 5.41) is 6.67. The van der Waals surface area contributed by atoms with E-state index in [1.807, 2.05) is 60.7 Å². The number of hydrogen-bond donors (Lipinski definition) is 1. The number of urea groups is 1. The molecule has 0 spiro atoms. The third-order valence-electron chi connectivity index (χ3n) is 4.42. The smallest absolute Gasteiger partial charge is 0.325 e. The molecule has 1 aromatic heterocycles. The van der Waals surface area contributed by atoms with Crippen molar-refractivity contribution in [1.29, 1.82) is 0 Å². The van der Waals surface area contributed by atoms with E-state index in [4.69, 9.17) is 4.52 Å². The van der Waals surface area contributed by atoms with Crippen LogP contribution in [0.2, 0.25) is 0 Å². The number of amides is 3. The van der Waals surface area contributed by atoms with Gasteiger partial charge in [0.1, 0.15) is 12.1 Å². The van der Waals surface area contributed by atoms with Gasteiger partial charge in [-0.1, -0.05) is 65.8 Å². The van der Waals surface area contributed by atoms with Gasteiger partial charge >= 0.3 is 6.03 Å². The molecule has 1 unspecified atom stereocenters. The zero-order chi connectivity index (χ0) is 18.1. The maximum Gasteiger partial charge on any atom is 0.325 e. The van der Waals surface area contributed by atoms with E-state index < -0.39 is 11.6 Å². The minimum absolute atomic E-state index is 0.0765. The highest BCUT2D eigenvalue weighted by molar-refractivity contribution is 6.07. The quantitative estimate of drug-likeness (QED) is 0.732. The van der Waals surface area contributed by atoms with E-state index in [9.17, 15) is 9.59 Å². The van der Waals surface area contributed by atoms with Gasteiger partial charge in [-0.15, -0.1) is 0 Å². The molecule has 0 saturated carbocycles. The Morgan fingerprint density at radius 1 is 1.04 bits per heavy atom. The first-order chi connectivity index (χ1) is 12.6. The summed E-state index contributed by atoms with van der Waals surface area (Å²) < 4.78 is 5.22. The SMILES string of the molecule is CC1(c2ccccc2)NC(=O)N(Cc2nc(-c3ccccc3)no2)C1=O. The van der Waals surface area contributed by atoms with Gasteiger partial charge in [0, 0.05) is 5.56 Å². The largest absolute Gasteiger partial charge is 0.337 e. The standard InChI is InChI=1S/C19H16N4O3/c1-19(14-10-6-3-7-11-14)17(24)23(18(25)21-19)12-15-20-16(22-26-15)13-8-4-2-5-9-13/h2-11H,12H2,1H3,(H,21,25). The molecule has 1 aliphatic rings. The number of carbonyl (C=O) groups is 2. The monoisotopic (exact) mass is 348 g/mol. The third kappa shape index (κ3) is 2.63. The summed E-state index contributed by atoms with van der Waals surface area (Å²) in [4.78, 5) is 30.6. The number of imide groups is 1. The molecule has 3 aromatic rings. The molecule has 130 valence electrons. The predicted molar refractivity (Wildman–Crippen MR) is 92.6 cm³/mol. The topological polar surface area (TPSA) is 88.3 Å². The van der Waals surface area contributed by atoms with Crippen LogP contribution in [0.15, 0.2) is 65.2 Å². The van der Waals surface area contributed by atoms with Crippen molar-refractivity contribution in [2.75, 3.05) is 0 Å². The van der Waals surface area contributed by atoms with E-state index in [1.54, 1.807) is 6.92 Å². The van der Waals surface area contributed by atoms with E-state index in [2.05, 4.69) is 15.5 Å². The molecule has 7 heteroatoms. The van der Waals surface area contributed by atoms with Crippen LogP contribution in [0.4, 0.5) is 4.79 Å². The molecule has 2 heterocycles. The molecule has 0 aliphatic carbocycles. The minimum atomic E-state index is -1.11. The molecule has 1 N–H and O–H groups in total. The van der Waals surface area contributed by atoms with Crippen molar-refractivity contribution in [2.45, 2.75) is 19.0 Å². The molecular weight excluding hydrogens is 332 g/mol. The molecule has 7 nitrogen and oxygen atoms in total. The zero-order valence-electron chi connectivity index (χ0n) is 14.0. The number of nitrogens with zero attached hydrogens (tertiary/aromatic N) is 3. The van der Waals surface area contributed by atoms with E-state index in [-0.39, 0.29) is 18.3 Å². The number of benzene rings is 2. The van der Waals surface area contributed by atoms with Crippen molar-refractivity contribution in [1.82, 2.24) is 20.4 Å². The first kappa shape index (κ1) is 16.0. The molecule has 0 bridgehead atoms. The summed E-state index contributed by atoms with van der Waals surface area (Å²) in [6.07, 6.45) is 0. The summed E-state index contributed by atoms with van der Waals surface area (Å²) in [6, 6.07) is 18.0. The van der Waals surface area contributed by atoms with Crippen LogP contribution in [0.5, 0.6) is 0 Å². The van der Waals surface area contributed by atoms with Crippen LogP contribution >= 0.6 is 0 Å². The number of rotatable bonds is 4. The first-order valence-electron chi connectivity index (χ1n) is 8.15. The minimum Gasteiger partial charge on any atom is -0.337 e. The highest BCUT2D eigenvalue weighted by Gasteiger charge is 2.49. The van der Waals surface area contributed by atoms with Crippen LogP contribution in [0.3, 0.4) is 0 Å². The van der Waals surface area contributed by atoms with Gasteiger partial charge in [-0.2, -0.15) is 4.98 Å². The summed E-state index contributed by atoms with van der Waals surface area (Å²) >= 11 is 0. The van der Waals surface area contributed by atoms with E-state index in [0.717, 1.165) is 16.0 Å². The van der Waals surface area contributed by atoms with Gasteiger partial charge in [-0.25, -0.2) is 4.79 Å². The lowest BCUT2D eigenvalue weighted by molar-refractivity contribution is -0.131. The Bertz CT molecular complexity index is 955. The fraction of sp³-hybridized carbons (Fsp3) is 0.158. The Kier molecular flexibility index (Phi) is 3.76. The Balaban J connectivity index is 1.57. The van der Waals surface area contributed by atoms with Gasteiger partial charge in [-0.3, -0.25) is 9.69 Å². The maximum absolute atomic E-state index is 12.9. The van der Waals surface area contributed by atoms with E-state index in [1.165, 1.54) is 0 Å². The average molecular weight is 348 g/mol. The van der Waals surface area contributed by atoms with Gasteiger partial charge in [0.15, 0.2) is 0 Å². The van der Waals surface area contributed by atoms with Crippen LogP contribution < -0.4 is 5.32 Å². The van der Waals surface area contributed by atoms with Gasteiger partial charge in [-0.05, 0) is 12.5 Å². The molecular formula is C19H16N4O3. The van der Waals surface area contributed by atoms with Crippen LogP contribution in [0, 0.1) is 0 Å². The summed E-state index contributed by atoms with van der Waals surface area (Å²) in [7, 11) is 0. The Morgan fingerprint density at radius 2 is 1.69 bits per heavy atom. The van der Waals surface area contributed by atoms with E-state index >= 15 is 0 Å². The number of hydrogen-bond acceptors (Lipinski definition) is 5. The van der Waals surface area contributed by atoms with Crippen LogP contribution in [-0.4, -0.2) is 27.0 Å². The molecule has 1 atom stereocenters. The molecule has 2 aromatic carbocycles. The Labute approximate surface area is 149 Å². The first-order valence-corrected chi connectivity index (χ1v) is 8.15.